The molecule has 4 nitrogen and oxygen atoms in total. The van der Waals surface area contributed by atoms with Crippen molar-refractivity contribution in [3.63, 3.8) is 0 Å². The van der Waals surface area contributed by atoms with E-state index >= 15 is 0 Å². The standard InChI is InChI=1S/C12H20BrN3O/c1-4-5-11-15-10(13)8-12(16-11)14-6-7-17-9(2)3/h8-9H,4-7H2,1-3H3,(H,14,15,16). The highest BCUT2D eigenvalue weighted by atomic mass is 79.9. The van der Waals surface area contributed by atoms with E-state index in [1.54, 1.807) is 0 Å². The fourth-order valence-corrected chi connectivity index (χ4v) is 1.79. The van der Waals surface area contributed by atoms with Gasteiger partial charge >= 0.3 is 0 Å². The van der Waals surface area contributed by atoms with Gasteiger partial charge in [0, 0.05) is 19.0 Å². The second-order valence-electron chi connectivity index (χ2n) is 4.09. The Morgan fingerprint density at radius 3 is 2.82 bits per heavy atom. The van der Waals surface area contributed by atoms with Gasteiger partial charge in [0.05, 0.1) is 12.7 Å². The third-order valence-electron chi connectivity index (χ3n) is 2.07. The van der Waals surface area contributed by atoms with Gasteiger partial charge in [-0.2, -0.15) is 0 Å². The number of nitrogens with zero attached hydrogens (tertiary/aromatic N) is 2. The monoisotopic (exact) mass is 301 g/mol. The molecule has 96 valence electrons. The Morgan fingerprint density at radius 2 is 2.18 bits per heavy atom. The van der Waals surface area contributed by atoms with E-state index in [1.807, 2.05) is 19.9 Å². The van der Waals surface area contributed by atoms with Gasteiger partial charge in [-0.1, -0.05) is 6.92 Å². The van der Waals surface area contributed by atoms with Crippen LogP contribution in [0.2, 0.25) is 0 Å². The van der Waals surface area contributed by atoms with Crippen molar-refractivity contribution in [1.29, 1.82) is 0 Å². The molecule has 0 saturated heterocycles. The van der Waals surface area contributed by atoms with Crippen LogP contribution in [0.4, 0.5) is 5.82 Å². The number of ether oxygens (including phenoxy) is 1. The first-order valence-corrected chi connectivity index (χ1v) is 6.80. The van der Waals surface area contributed by atoms with Crippen molar-refractivity contribution in [3.8, 4) is 0 Å². The maximum absolute atomic E-state index is 5.45. The molecule has 0 amide bonds. The average Bonchev–Trinajstić information content (AvgIpc) is 2.24. The van der Waals surface area contributed by atoms with Crippen LogP contribution in [0.1, 0.15) is 33.0 Å². The quantitative estimate of drug-likeness (QED) is 0.621. The number of halogens is 1. The van der Waals surface area contributed by atoms with Gasteiger partial charge in [-0.05, 0) is 36.2 Å². The van der Waals surface area contributed by atoms with Gasteiger partial charge in [-0.3, -0.25) is 0 Å². The minimum Gasteiger partial charge on any atom is -0.377 e. The number of rotatable bonds is 7. The average molecular weight is 302 g/mol. The highest BCUT2D eigenvalue weighted by molar-refractivity contribution is 9.10. The van der Waals surface area contributed by atoms with Crippen LogP contribution >= 0.6 is 15.9 Å². The molecular weight excluding hydrogens is 282 g/mol. The second kappa shape index (κ2) is 7.61. The molecule has 1 rings (SSSR count). The molecule has 1 aromatic rings. The summed E-state index contributed by atoms with van der Waals surface area (Å²) < 4.78 is 6.28. The summed E-state index contributed by atoms with van der Waals surface area (Å²) in [6.45, 7) is 7.62. The molecule has 0 bridgehead atoms. The van der Waals surface area contributed by atoms with Crippen molar-refractivity contribution >= 4 is 21.7 Å². The number of hydrogen-bond donors (Lipinski definition) is 1. The summed E-state index contributed by atoms with van der Waals surface area (Å²) in [6, 6.07) is 1.88. The van der Waals surface area contributed by atoms with Crippen molar-refractivity contribution in [3.05, 3.63) is 16.5 Å². The summed E-state index contributed by atoms with van der Waals surface area (Å²) in [5.41, 5.74) is 0. The SMILES string of the molecule is CCCc1nc(Br)cc(NCCOC(C)C)n1. The zero-order chi connectivity index (χ0) is 12.7. The summed E-state index contributed by atoms with van der Waals surface area (Å²) in [4.78, 5) is 8.75. The van der Waals surface area contributed by atoms with Gasteiger partial charge in [-0.15, -0.1) is 0 Å². The zero-order valence-electron chi connectivity index (χ0n) is 10.7. The number of aryl methyl sites for hydroxylation is 1. The molecule has 0 spiro atoms. The summed E-state index contributed by atoms with van der Waals surface area (Å²) in [5.74, 6) is 1.72. The first-order chi connectivity index (χ1) is 8.11. The molecule has 0 aliphatic heterocycles. The topological polar surface area (TPSA) is 47.0 Å². The first-order valence-electron chi connectivity index (χ1n) is 6.00. The van der Waals surface area contributed by atoms with Gasteiger partial charge in [0.1, 0.15) is 16.2 Å². The Labute approximate surface area is 111 Å². The smallest absolute Gasteiger partial charge is 0.132 e. The summed E-state index contributed by atoms with van der Waals surface area (Å²) in [6.07, 6.45) is 2.22. The lowest BCUT2D eigenvalue weighted by molar-refractivity contribution is 0.0870. The fraction of sp³-hybridized carbons (Fsp3) is 0.667. The molecule has 5 heteroatoms. The van der Waals surface area contributed by atoms with E-state index in [2.05, 4.69) is 38.1 Å². The van der Waals surface area contributed by atoms with Gasteiger partial charge in [0.25, 0.3) is 0 Å². The molecule has 0 fully saturated rings. The molecule has 0 saturated carbocycles. The Kier molecular flexibility index (Phi) is 6.44. The van der Waals surface area contributed by atoms with Crippen LogP contribution in [0.5, 0.6) is 0 Å². The largest absolute Gasteiger partial charge is 0.377 e. The van der Waals surface area contributed by atoms with Crippen LogP contribution in [0.3, 0.4) is 0 Å². The van der Waals surface area contributed by atoms with E-state index in [0.29, 0.717) is 6.61 Å². The van der Waals surface area contributed by atoms with E-state index in [0.717, 1.165) is 35.6 Å². The van der Waals surface area contributed by atoms with Crippen molar-refractivity contribution in [2.24, 2.45) is 0 Å². The predicted octanol–water partition coefficient (Wildman–Crippen LogP) is 3.03. The lowest BCUT2D eigenvalue weighted by Crippen LogP contribution is -2.14. The lowest BCUT2D eigenvalue weighted by atomic mass is 10.3. The van der Waals surface area contributed by atoms with Crippen LogP contribution < -0.4 is 5.32 Å². The van der Waals surface area contributed by atoms with E-state index in [9.17, 15) is 0 Å². The Hall–Kier alpha value is -0.680. The maximum Gasteiger partial charge on any atom is 0.132 e. The minimum atomic E-state index is 0.268. The molecule has 1 aromatic heterocycles. The third-order valence-corrected chi connectivity index (χ3v) is 2.48. The maximum atomic E-state index is 5.45. The van der Waals surface area contributed by atoms with Gasteiger partial charge in [0.15, 0.2) is 0 Å². The van der Waals surface area contributed by atoms with E-state index in [-0.39, 0.29) is 6.10 Å². The molecule has 0 unspecified atom stereocenters. The van der Waals surface area contributed by atoms with Crippen molar-refractivity contribution in [2.45, 2.75) is 39.7 Å². The molecule has 0 atom stereocenters. The number of hydrogen-bond acceptors (Lipinski definition) is 4. The van der Waals surface area contributed by atoms with Crippen LogP contribution in [0.25, 0.3) is 0 Å². The van der Waals surface area contributed by atoms with Crippen molar-refractivity contribution < 1.29 is 4.74 Å². The molecule has 1 heterocycles. The highest BCUT2D eigenvalue weighted by Crippen LogP contribution is 2.13. The first kappa shape index (κ1) is 14.4. The fourth-order valence-electron chi connectivity index (χ4n) is 1.36. The molecule has 0 aliphatic rings. The molecule has 1 N–H and O–H groups in total. The highest BCUT2D eigenvalue weighted by Gasteiger charge is 2.02. The number of nitrogens with one attached hydrogen (secondary N) is 1. The van der Waals surface area contributed by atoms with Gasteiger partial charge in [0.2, 0.25) is 0 Å². The zero-order valence-corrected chi connectivity index (χ0v) is 12.2. The normalized spacial score (nSPS) is 10.9. The van der Waals surface area contributed by atoms with Crippen LogP contribution in [0.15, 0.2) is 10.7 Å². The molecule has 17 heavy (non-hydrogen) atoms. The molecule has 0 aromatic carbocycles. The molecule has 0 radical (unpaired) electrons. The van der Waals surface area contributed by atoms with Gasteiger partial charge < -0.3 is 10.1 Å². The molecular formula is C12H20BrN3O. The Bertz CT molecular complexity index is 345. The summed E-state index contributed by atoms with van der Waals surface area (Å²) in [7, 11) is 0. The summed E-state index contributed by atoms with van der Waals surface area (Å²) >= 11 is 3.39. The van der Waals surface area contributed by atoms with Crippen molar-refractivity contribution in [1.82, 2.24) is 9.97 Å². The Balaban J connectivity index is 2.46. The van der Waals surface area contributed by atoms with Crippen LogP contribution in [0, 0.1) is 0 Å². The van der Waals surface area contributed by atoms with Crippen LogP contribution in [-0.4, -0.2) is 29.2 Å². The lowest BCUT2D eigenvalue weighted by Gasteiger charge is -2.10. The van der Waals surface area contributed by atoms with Crippen molar-refractivity contribution in [2.75, 3.05) is 18.5 Å². The van der Waals surface area contributed by atoms with E-state index < -0.39 is 0 Å². The van der Waals surface area contributed by atoms with E-state index in [4.69, 9.17) is 4.74 Å². The Morgan fingerprint density at radius 1 is 1.41 bits per heavy atom. The number of anilines is 1. The summed E-state index contributed by atoms with van der Waals surface area (Å²) in [5, 5.41) is 3.23. The second-order valence-corrected chi connectivity index (χ2v) is 4.90. The molecule has 0 aliphatic carbocycles. The van der Waals surface area contributed by atoms with Crippen LogP contribution in [-0.2, 0) is 11.2 Å². The minimum absolute atomic E-state index is 0.268. The predicted molar refractivity (Wildman–Crippen MR) is 73.3 cm³/mol. The third kappa shape index (κ3) is 5.98. The number of aromatic nitrogens is 2. The van der Waals surface area contributed by atoms with Gasteiger partial charge in [-0.25, -0.2) is 9.97 Å². The van der Waals surface area contributed by atoms with E-state index in [1.165, 1.54) is 0 Å².